The van der Waals surface area contributed by atoms with Gasteiger partial charge in [-0.05, 0) is 68.2 Å². The Kier molecular flexibility index (Phi) is 24.6. The van der Waals surface area contributed by atoms with Crippen molar-refractivity contribution in [1.82, 2.24) is 26.2 Å². The largest absolute Gasteiger partial charge is 0.463 e. The standard InChI is InChI=1S/C57H69N7O18S3/c1-31(65)76-26-41-49(77-32(2)66)50(78-33(3)67)45(55(80-41)79-34(4)68)62-42(69)19-14-24-59-51(72)40(58)29-83-30-44(71)61-38-20-22-39(23-21-38)84-27-37-28-85-53-46(63-43(70)25-60-56(75)82-57(5,6)7)52(73)64(53)47(37)54(74)81-48(35-15-10-8-11-16-35)36-17-12-9-13-18-36/h8-13,15-18,20-23,40-41,45-46,48-50,53,55H,14,19,24-30,58H2,1-7H3,(H,59,72)(H,60,75)(H,61,71)(H,62,69)(H,63,70)/t40?,41-,45?,46?,49-,50-,53?,55-/m1/s1. The quantitative estimate of drug-likeness (QED) is 0.0221. The minimum atomic E-state index is -1.57. The smallest absolute Gasteiger partial charge is 0.408 e. The number of esters is 5. The summed E-state index contributed by atoms with van der Waals surface area (Å²) in [5.41, 5.74) is 7.95. The number of ether oxygens (including phenoxy) is 7. The van der Waals surface area contributed by atoms with E-state index < -0.39 is 133 Å². The van der Waals surface area contributed by atoms with Crippen molar-refractivity contribution in [1.29, 1.82) is 0 Å². The molecule has 3 aromatic rings. The van der Waals surface area contributed by atoms with E-state index in [1.807, 2.05) is 60.7 Å². The normalized spacial score (nSPS) is 20.2. The predicted octanol–water partition coefficient (Wildman–Crippen LogP) is 3.38. The number of hydrogen-bond donors (Lipinski definition) is 6. The number of nitrogens with two attached hydrogens (primary N) is 1. The Morgan fingerprint density at radius 1 is 0.765 bits per heavy atom. The van der Waals surface area contributed by atoms with Gasteiger partial charge in [0.15, 0.2) is 18.3 Å². The fraction of sp³-hybridized carbons (Fsp3) is 0.456. The molecule has 0 aromatic heterocycles. The summed E-state index contributed by atoms with van der Waals surface area (Å²) < 4.78 is 38.4. The van der Waals surface area contributed by atoms with Gasteiger partial charge < -0.3 is 65.5 Å². The molecule has 3 aliphatic heterocycles. The highest BCUT2D eigenvalue weighted by atomic mass is 32.2. The van der Waals surface area contributed by atoms with Crippen LogP contribution in [0.15, 0.2) is 101 Å². The highest BCUT2D eigenvalue weighted by Gasteiger charge is 2.55. The molecule has 0 saturated carbocycles. The van der Waals surface area contributed by atoms with Gasteiger partial charge in [0.05, 0.1) is 11.8 Å². The second-order valence-corrected chi connectivity index (χ2v) is 23.6. The fourth-order valence-electron chi connectivity index (χ4n) is 8.75. The second kappa shape index (κ2) is 31.5. The maximum Gasteiger partial charge on any atom is 0.408 e. The Labute approximate surface area is 503 Å². The van der Waals surface area contributed by atoms with Gasteiger partial charge in [0.1, 0.15) is 48.0 Å². The molecule has 0 spiro atoms. The minimum absolute atomic E-state index is 0.00907. The van der Waals surface area contributed by atoms with Crippen LogP contribution in [0.1, 0.15) is 78.5 Å². The molecule has 28 heteroatoms. The van der Waals surface area contributed by atoms with Crippen LogP contribution in [-0.2, 0) is 81.1 Å². The minimum Gasteiger partial charge on any atom is -0.463 e. The monoisotopic (exact) mass is 1240 g/mol. The Morgan fingerprint density at radius 2 is 1.39 bits per heavy atom. The summed E-state index contributed by atoms with van der Waals surface area (Å²) in [6.07, 6.45) is -7.38. The van der Waals surface area contributed by atoms with Gasteiger partial charge in [-0.1, -0.05) is 60.7 Å². The van der Waals surface area contributed by atoms with Crippen LogP contribution < -0.4 is 32.3 Å². The first-order valence-electron chi connectivity index (χ1n) is 26.8. The third-order valence-corrected chi connectivity index (χ3v) is 15.9. The fourth-order valence-corrected chi connectivity index (χ4v) is 11.9. The van der Waals surface area contributed by atoms with E-state index in [2.05, 4.69) is 26.6 Å². The molecule has 3 aliphatic rings. The van der Waals surface area contributed by atoms with Gasteiger partial charge >= 0.3 is 35.9 Å². The van der Waals surface area contributed by atoms with E-state index in [0.717, 1.165) is 44.4 Å². The number of thioether (sulfide) groups is 3. The molecular weight excluding hydrogens is 1170 g/mol. The number of benzene rings is 3. The maximum atomic E-state index is 14.5. The molecule has 2 saturated heterocycles. The number of carbonyl (C=O) groups excluding carboxylic acids is 11. The van der Waals surface area contributed by atoms with E-state index in [-0.39, 0.29) is 48.2 Å². The zero-order valence-corrected chi connectivity index (χ0v) is 50.2. The lowest BCUT2D eigenvalue weighted by molar-refractivity contribution is -0.271. The van der Waals surface area contributed by atoms with Crippen molar-refractivity contribution < 1.29 is 85.9 Å². The molecule has 85 heavy (non-hydrogen) atoms. The summed E-state index contributed by atoms with van der Waals surface area (Å²) in [4.78, 5) is 143. The number of hydrogen-bond acceptors (Lipinski definition) is 22. The summed E-state index contributed by atoms with van der Waals surface area (Å²) in [5.74, 6) is -5.96. The van der Waals surface area contributed by atoms with E-state index in [4.69, 9.17) is 38.9 Å². The Hall–Kier alpha value is -7.66. The molecule has 0 aliphatic carbocycles. The van der Waals surface area contributed by atoms with E-state index in [1.165, 1.54) is 28.4 Å². The van der Waals surface area contributed by atoms with Crippen molar-refractivity contribution in [3.05, 3.63) is 107 Å². The average Bonchev–Trinajstić information content (AvgIpc) is 0.934. The summed E-state index contributed by atoms with van der Waals surface area (Å²) in [6, 6.07) is 22.0. The number of rotatable bonds is 26. The molecule has 7 N–H and O–H groups in total. The number of carbonyl (C=O) groups is 11. The third kappa shape index (κ3) is 20.2. The molecule has 3 heterocycles. The molecule has 4 unspecified atom stereocenters. The summed E-state index contributed by atoms with van der Waals surface area (Å²) >= 11 is 3.89. The summed E-state index contributed by atoms with van der Waals surface area (Å²) in [7, 11) is 0. The third-order valence-electron chi connectivity index (χ3n) is 12.4. The Bertz CT molecular complexity index is 2910. The topological polar surface area (TPSA) is 342 Å². The lowest BCUT2D eigenvalue weighted by Gasteiger charge is -2.49. The molecule has 458 valence electrons. The highest BCUT2D eigenvalue weighted by molar-refractivity contribution is 8.01. The van der Waals surface area contributed by atoms with Crippen LogP contribution in [0.3, 0.4) is 0 Å². The van der Waals surface area contributed by atoms with Gasteiger partial charge in [0, 0.05) is 68.5 Å². The van der Waals surface area contributed by atoms with Crippen LogP contribution in [0, 0.1) is 0 Å². The van der Waals surface area contributed by atoms with Gasteiger partial charge in [0.2, 0.25) is 29.9 Å². The second-order valence-electron chi connectivity index (χ2n) is 20.4. The lowest BCUT2D eigenvalue weighted by Crippen LogP contribution is -2.71. The van der Waals surface area contributed by atoms with Crippen LogP contribution in [-0.4, -0.2) is 167 Å². The molecule has 0 bridgehead atoms. The van der Waals surface area contributed by atoms with Crippen molar-refractivity contribution in [2.75, 3.05) is 48.0 Å². The average molecular weight is 1240 g/mol. The van der Waals surface area contributed by atoms with Crippen LogP contribution in [0.5, 0.6) is 0 Å². The van der Waals surface area contributed by atoms with Crippen LogP contribution >= 0.6 is 35.3 Å². The number of anilines is 1. The number of β-lactam (4-membered cyclic amide) rings is 1. The Morgan fingerprint density at radius 3 is 1.99 bits per heavy atom. The molecule has 2 fully saturated rings. The van der Waals surface area contributed by atoms with Crippen molar-refractivity contribution in [2.24, 2.45) is 5.73 Å². The lowest BCUT2D eigenvalue weighted by atomic mass is 9.95. The molecular formula is C57H69N7O18S3. The number of alkyl carbamates (subject to hydrolysis) is 1. The first kappa shape index (κ1) is 66.5. The van der Waals surface area contributed by atoms with Gasteiger partial charge in [-0.25, -0.2) is 9.59 Å². The predicted molar refractivity (Wildman–Crippen MR) is 311 cm³/mol. The van der Waals surface area contributed by atoms with E-state index in [9.17, 15) is 52.7 Å². The van der Waals surface area contributed by atoms with E-state index in [0.29, 0.717) is 28.1 Å². The van der Waals surface area contributed by atoms with Gasteiger partial charge in [-0.2, -0.15) is 0 Å². The molecule has 6 amide bonds. The zero-order chi connectivity index (χ0) is 62.0. The van der Waals surface area contributed by atoms with Crippen LogP contribution in [0.4, 0.5) is 10.5 Å². The number of nitrogens with one attached hydrogen (secondary N) is 5. The summed E-state index contributed by atoms with van der Waals surface area (Å²) in [6.45, 7) is 8.52. The molecule has 3 aromatic carbocycles. The van der Waals surface area contributed by atoms with Crippen molar-refractivity contribution in [3.8, 4) is 0 Å². The van der Waals surface area contributed by atoms with Crippen LogP contribution in [0.25, 0.3) is 0 Å². The zero-order valence-electron chi connectivity index (χ0n) is 47.7. The molecule has 8 atom stereocenters. The van der Waals surface area contributed by atoms with Gasteiger partial charge in [-0.3, -0.25) is 48.1 Å². The van der Waals surface area contributed by atoms with Crippen molar-refractivity contribution >= 4 is 106 Å². The Balaban J connectivity index is 0.990. The summed E-state index contributed by atoms with van der Waals surface area (Å²) in [5, 5.41) is 12.5. The van der Waals surface area contributed by atoms with Crippen molar-refractivity contribution in [3.63, 3.8) is 0 Å². The van der Waals surface area contributed by atoms with Gasteiger partial charge in [-0.15, -0.1) is 35.3 Å². The molecule has 25 nitrogen and oxygen atoms in total. The van der Waals surface area contributed by atoms with E-state index in [1.54, 1.807) is 45.0 Å². The molecule has 0 radical (unpaired) electrons. The maximum absolute atomic E-state index is 14.5. The SMILES string of the molecule is CC(=O)OC[C@H]1O[C@@H](OC(C)=O)C(NC(=O)CCCNC(=O)C(N)CSCC(=O)Nc2ccc(SCC3=C(C(=O)OC(c4ccccc4)c4ccccc4)N4C(=O)C(NC(=O)CNC(=O)OC(C)(C)C)C4SC3)cc2)[C@@H](OC(C)=O)[C@@H]1OC(C)=O. The number of amides is 6. The van der Waals surface area contributed by atoms with E-state index >= 15 is 0 Å². The number of fused-ring (bicyclic) bond motifs is 1. The first-order valence-corrected chi connectivity index (χ1v) is 30.0. The van der Waals surface area contributed by atoms with Crippen LogP contribution in [0.2, 0.25) is 0 Å². The first-order chi connectivity index (χ1) is 40.4. The number of nitrogens with zero attached hydrogens (tertiary/aromatic N) is 1. The van der Waals surface area contributed by atoms with Crippen molar-refractivity contribution in [2.45, 2.75) is 126 Å². The molecule has 6 rings (SSSR count). The highest BCUT2D eigenvalue weighted by Crippen LogP contribution is 2.43. The van der Waals surface area contributed by atoms with Gasteiger partial charge in [0.25, 0.3) is 5.91 Å².